The molecule has 0 aliphatic heterocycles. The molecule has 0 radical (unpaired) electrons. The van der Waals surface area contributed by atoms with Gasteiger partial charge in [-0.1, -0.05) is 35.9 Å². The van der Waals surface area contributed by atoms with Crippen molar-refractivity contribution in [3.63, 3.8) is 0 Å². The lowest BCUT2D eigenvalue weighted by Gasteiger charge is -2.16. The van der Waals surface area contributed by atoms with Crippen LogP contribution in [0.4, 0.5) is 5.82 Å². The highest BCUT2D eigenvalue weighted by Gasteiger charge is 2.06. The van der Waals surface area contributed by atoms with Crippen molar-refractivity contribution in [2.45, 2.75) is 20.0 Å². The zero-order valence-electron chi connectivity index (χ0n) is 14.8. The van der Waals surface area contributed by atoms with Crippen LogP contribution in [0.1, 0.15) is 18.1 Å². The van der Waals surface area contributed by atoms with E-state index >= 15 is 0 Å². The van der Waals surface area contributed by atoms with Crippen molar-refractivity contribution in [2.75, 3.05) is 25.5 Å². The van der Waals surface area contributed by atoms with Crippen molar-refractivity contribution in [3.8, 4) is 0 Å². The van der Waals surface area contributed by atoms with Gasteiger partial charge in [0.15, 0.2) is 5.96 Å². The number of aromatic nitrogens is 1. The summed E-state index contributed by atoms with van der Waals surface area (Å²) in [5.41, 5.74) is 2.12. The molecule has 2 N–H and O–H groups in total. The number of rotatable bonds is 6. The summed E-state index contributed by atoms with van der Waals surface area (Å²) in [5.74, 6) is 1.69. The van der Waals surface area contributed by atoms with E-state index in [4.69, 9.17) is 11.6 Å². The molecule has 1 aromatic heterocycles. The highest BCUT2D eigenvalue weighted by molar-refractivity contribution is 14.0. The minimum atomic E-state index is 0. The van der Waals surface area contributed by atoms with Gasteiger partial charge in [-0.2, -0.15) is 0 Å². The second-order valence-corrected chi connectivity index (χ2v) is 5.93. The van der Waals surface area contributed by atoms with Crippen molar-refractivity contribution >= 4 is 47.4 Å². The van der Waals surface area contributed by atoms with Gasteiger partial charge in [-0.15, -0.1) is 24.0 Å². The Morgan fingerprint density at radius 1 is 1.12 bits per heavy atom. The van der Waals surface area contributed by atoms with Crippen molar-refractivity contribution in [1.29, 1.82) is 0 Å². The number of hydrogen-bond donors (Lipinski definition) is 2. The molecule has 0 fully saturated rings. The maximum atomic E-state index is 6.20. The lowest BCUT2D eigenvalue weighted by atomic mass is 10.2. The summed E-state index contributed by atoms with van der Waals surface area (Å²) in [6.45, 7) is 4.02. The quantitative estimate of drug-likeness (QED) is 0.382. The molecule has 25 heavy (non-hydrogen) atoms. The predicted octanol–water partition coefficient (Wildman–Crippen LogP) is 3.67. The van der Waals surface area contributed by atoms with Crippen LogP contribution >= 0.6 is 35.6 Å². The number of hydrogen-bond acceptors (Lipinski definition) is 3. The number of nitrogens with one attached hydrogen (secondary N) is 2. The van der Waals surface area contributed by atoms with Gasteiger partial charge in [0.25, 0.3) is 0 Å². The van der Waals surface area contributed by atoms with Gasteiger partial charge in [-0.05, 0) is 24.6 Å². The molecule has 0 aliphatic rings. The molecule has 1 heterocycles. The van der Waals surface area contributed by atoms with Gasteiger partial charge in [0.1, 0.15) is 5.82 Å². The first kappa shape index (κ1) is 21.5. The Labute approximate surface area is 171 Å². The number of nitrogens with zero attached hydrogens (tertiary/aromatic N) is 3. The number of benzene rings is 1. The van der Waals surface area contributed by atoms with Crippen LogP contribution < -0.4 is 15.5 Å². The summed E-state index contributed by atoms with van der Waals surface area (Å²) in [6.07, 6.45) is 1.80. The molecule has 0 unspecified atom stereocenters. The predicted molar refractivity (Wildman–Crippen MR) is 117 cm³/mol. The second-order valence-electron chi connectivity index (χ2n) is 5.52. The van der Waals surface area contributed by atoms with Crippen molar-refractivity contribution in [2.24, 2.45) is 4.99 Å². The third-order valence-corrected chi connectivity index (χ3v) is 3.82. The fourth-order valence-corrected chi connectivity index (χ4v) is 2.49. The average Bonchev–Trinajstić information content (AvgIpc) is 2.58. The van der Waals surface area contributed by atoms with E-state index in [0.717, 1.165) is 34.5 Å². The third-order valence-electron chi connectivity index (χ3n) is 3.45. The Kier molecular flexibility index (Phi) is 9.59. The molecule has 0 bridgehead atoms. The molecule has 0 spiro atoms. The van der Waals surface area contributed by atoms with Gasteiger partial charge in [-0.3, -0.25) is 0 Å². The van der Waals surface area contributed by atoms with E-state index in [9.17, 15) is 0 Å². The number of pyridine rings is 1. The summed E-state index contributed by atoms with van der Waals surface area (Å²) in [6, 6.07) is 11.8. The summed E-state index contributed by atoms with van der Waals surface area (Å²) in [5, 5.41) is 7.32. The molecule has 0 saturated carbocycles. The second kappa shape index (κ2) is 11.1. The monoisotopic (exact) mass is 473 g/mol. The highest BCUT2D eigenvalue weighted by atomic mass is 127. The Balaban J connectivity index is 0.00000312. The normalized spacial score (nSPS) is 10.8. The van der Waals surface area contributed by atoms with Crippen LogP contribution in [0, 0.1) is 0 Å². The van der Waals surface area contributed by atoms with Gasteiger partial charge >= 0.3 is 0 Å². The fourth-order valence-electron chi connectivity index (χ4n) is 2.28. The molecule has 5 nitrogen and oxygen atoms in total. The standard InChI is InChI=1S/C18H24ClN5.HI/c1-4-20-18(22-12-14-8-5-6-10-16(14)19)23-13-15-9-7-11-21-17(15)24(2)3;/h5-11H,4,12-13H2,1-3H3,(H2,20,22,23);1H. The number of halogens is 2. The van der Waals surface area contributed by atoms with Crippen LogP contribution in [0.5, 0.6) is 0 Å². The topological polar surface area (TPSA) is 52.6 Å². The SMILES string of the molecule is CCNC(=NCc1cccnc1N(C)C)NCc1ccccc1Cl.I. The first-order valence-electron chi connectivity index (χ1n) is 7.98. The Morgan fingerprint density at radius 3 is 2.52 bits per heavy atom. The van der Waals surface area contributed by atoms with Gasteiger partial charge in [-0.25, -0.2) is 9.98 Å². The van der Waals surface area contributed by atoms with Crippen LogP contribution in [0.15, 0.2) is 47.6 Å². The molecule has 0 saturated heterocycles. The van der Waals surface area contributed by atoms with Crippen LogP contribution in [0.25, 0.3) is 0 Å². The summed E-state index contributed by atoms with van der Waals surface area (Å²) in [4.78, 5) is 11.1. The Bertz CT molecular complexity index is 691. The summed E-state index contributed by atoms with van der Waals surface area (Å²) in [7, 11) is 3.97. The van der Waals surface area contributed by atoms with Gasteiger partial charge < -0.3 is 15.5 Å². The molecule has 2 aromatic rings. The first-order chi connectivity index (χ1) is 11.6. The van der Waals surface area contributed by atoms with Crippen molar-refractivity contribution in [1.82, 2.24) is 15.6 Å². The van der Waals surface area contributed by atoms with E-state index in [2.05, 4.69) is 20.6 Å². The number of anilines is 1. The maximum absolute atomic E-state index is 6.20. The molecular formula is C18H25ClIN5. The Hall–Kier alpha value is -1.54. The zero-order valence-corrected chi connectivity index (χ0v) is 17.9. The van der Waals surface area contributed by atoms with Crippen LogP contribution in [0.3, 0.4) is 0 Å². The average molecular weight is 474 g/mol. The van der Waals surface area contributed by atoms with Gasteiger partial charge in [0.05, 0.1) is 6.54 Å². The molecule has 0 aliphatic carbocycles. The molecule has 0 amide bonds. The van der Waals surface area contributed by atoms with Crippen LogP contribution in [-0.2, 0) is 13.1 Å². The van der Waals surface area contributed by atoms with E-state index in [1.165, 1.54) is 0 Å². The van der Waals surface area contributed by atoms with E-state index in [1.807, 2.05) is 62.3 Å². The lowest BCUT2D eigenvalue weighted by Crippen LogP contribution is -2.36. The van der Waals surface area contributed by atoms with Crippen molar-refractivity contribution < 1.29 is 0 Å². The molecule has 7 heteroatoms. The largest absolute Gasteiger partial charge is 0.362 e. The minimum Gasteiger partial charge on any atom is -0.362 e. The lowest BCUT2D eigenvalue weighted by molar-refractivity contribution is 0.815. The molecule has 0 atom stereocenters. The van der Waals surface area contributed by atoms with E-state index in [0.29, 0.717) is 13.1 Å². The maximum Gasteiger partial charge on any atom is 0.191 e. The number of guanidine groups is 1. The van der Waals surface area contributed by atoms with Crippen molar-refractivity contribution in [3.05, 3.63) is 58.7 Å². The van der Waals surface area contributed by atoms with Gasteiger partial charge in [0, 0.05) is 44.0 Å². The van der Waals surface area contributed by atoms with E-state index in [1.54, 1.807) is 6.20 Å². The third kappa shape index (κ3) is 6.70. The first-order valence-corrected chi connectivity index (χ1v) is 8.36. The molecule has 2 rings (SSSR count). The minimum absolute atomic E-state index is 0. The highest BCUT2D eigenvalue weighted by Crippen LogP contribution is 2.16. The summed E-state index contributed by atoms with van der Waals surface area (Å²) < 4.78 is 0. The molecular weight excluding hydrogens is 449 g/mol. The van der Waals surface area contributed by atoms with Gasteiger partial charge in [0.2, 0.25) is 0 Å². The fraction of sp³-hybridized carbons (Fsp3) is 0.333. The molecule has 136 valence electrons. The number of aliphatic imine (C=N–C) groups is 1. The van der Waals surface area contributed by atoms with Crippen LogP contribution in [-0.4, -0.2) is 31.6 Å². The molecule has 1 aromatic carbocycles. The zero-order chi connectivity index (χ0) is 17.4. The smallest absolute Gasteiger partial charge is 0.191 e. The Morgan fingerprint density at radius 2 is 1.84 bits per heavy atom. The van der Waals surface area contributed by atoms with Crippen LogP contribution in [0.2, 0.25) is 5.02 Å². The van der Waals surface area contributed by atoms with E-state index in [-0.39, 0.29) is 24.0 Å². The summed E-state index contributed by atoms with van der Waals surface area (Å²) >= 11 is 6.20. The van der Waals surface area contributed by atoms with E-state index < -0.39 is 0 Å².